The van der Waals surface area contributed by atoms with E-state index in [1.54, 1.807) is 21.1 Å². The Morgan fingerprint density at radius 2 is 1.65 bits per heavy atom. The molecule has 0 aliphatic carbocycles. The van der Waals surface area contributed by atoms with Crippen LogP contribution in [0.25, 0.3) is 0 Å². The molecular formula is C14H28O5S. The molecule has 0 rings (SSSR count). The zero-order valence-corrected chi connectivity index (χ0v) is 13.9. The zero-order valence-electron chi connectivity index (χ0n) is 13.1. The van der Waals surface area contributed by atoms with E-state index in [1.807, 2.05) is 6.92 Å². The van der Waals surface area contributed by atoms with Crippen LogP contribution < -0.4 is 0 Å². The summed E-state index contributed by atoms with van der Waals surface area (Å²) in [7, 11) is 3.31. The van der Waals surface area contributed by atoms with Crippen molar-refractivity contribution in [3.05, 3.63) is 0 Å². The normalized spacial score (nSPS) is 14.2. The van der Waals surface area contributed by atoms with E-state index in [-0.39, 0.29) is 17.3 Å². The van der Waals surface area contributed by atoms with Crippen molar-refractivity contribution in [1.82, 2.24) is 0 Å². The molecule has 6 heteroatoms. The SMILES string of the molecule is COCCOC(C)CC(CCSC(C)=O)OCCOC. The Morgan fingerprint density at radius 3 is 2.20 bits per heavy atom. The molecule has 5 nitrogen and oxygen atoms in total. The fourth-order valence-electron chi connectivity index (χ4n) is 1.67. The molecule has 0 N–H and O–H groups in total. The second-order valence-electron chi connectivity index (χ2n) is 4.52. The average Bonchev–Trinajstić information content (AvgIpc) is 2.38. The van der Waals surface area contributed by atoms with Gasteiger partial charge in [0, 0.05) is 26.9 Å². The maximum atomic E-state index is 10.9. The van der Waals surface area contributed by atoms with Crippen LogP contribution in [0.2, 0.25) is 0 Å². The van der Waals surface area contributed by atoms with Gasteiger partial charge in [-0.3, -0.25) is 4.79 Å². The standard InChI is InChI=1S/C14H28O5S/c1-12(18-8-6-16-3)11-14(19-9-7-17-4)5-10-20-13(2)15/h12,14H,5-11H2,1-4H3. The lowest BCUT2D eigenvalue weighted by Crippen LogP contribution is -2.24. The molecule has 0 fully saturated rings. The van der Waals surface area contributed by atoms with E-state index >= 15 is 0 Å². The molecule has 0 aliphatic rings. The van der Waals surface area contributed by atoms with Crippen molar-refractivity contribution in [2.45, 2.75) is 38.9 Å². The van der Waals surface area contributed by atoms with Gasteiger partial charge in [-0.1, -0.05) is 11.8 Å². The van der Waals surface area contributed by atoms with Gasteiger partial charge in [-0.25, -0.2) is 0 Å². The van der Waals surface area contributed by atoms with Crippen molar-refractivity contribution < 1.29 is 23.7 Å². The highest BCUT2D eigenvalue weighted by Crippen LogP contribution is 2.14. The number of ether oxygens (including phenoxy) is 4. The Hall–Kier alpha value is -0.140. The summed E-state index contributed by atoms with van der Waals surface area (Å²) in [6, 6.07) is 0. The van der Waals surface area contributed by atoms with Gasteiger partial charge in [0.15, 0.2) is 5.12 Å². The Labute approximate surface area is 126 Å². The third-order valence-electron chi connectivity index (χ3n) is 2.67. The van der Waals surface area contributed by atoms with Gasteiger partial charge in [0.2, 0.25) is 0 Å². The quantitative estimate of drug-likeness (QED) is 0.486. The molecule has 0 aromatic heterocycles. The maximum Gasteiger partial charge on any atom is 0.185 e. The minimum atomic E-state index is 0.0922. The monoisotopic (exact) mass is 308 g/mol. The smallest absolute Gasteiger partial charge is 0.185 e. The van der Waals surface area contributed by atoms with Crippen molar-refractivity contribution in [3.8, 4) is 0 Å². The Balaban J connectivity index is 3.97. The van der Waals surface area contributed by atoms with Crippen LogP contribution >= 0.6 is 11.8 Å². The van der Waals surface area contributed by atoms with Crippen LogP contribution in [0.3, 0.4) is 0 Å². The van der Waals surface area contributed by atoms with E-state index in [9.17, 15) is 4.79 Å². The predicted molar refractivity (Wildman–Crippen MR) is 81.3 cm³/mol. The Morgan fingerprint density at radius 1 is 1.05 bits per heavy atom. The first kappa shape index (κ1) is 19.9. The summed E-state index contributed by atoms with van der Waals surface area (Å²) in [4.78, 5) is 10.9. The van der Waals surface area contributed by atoms with Gasteiger partial charge in [0.1, 0.15) is 0 Å². The molecule has 0 heterocycles. The van der Waals surface area contributed by atoms with Gasteiger partial charge in [0.05, 0.1) is 38.6 Å². The molecule has 0 spiro atoms. The average molecular weight is 308 g/mol. The summed E-state index contributed by atoms with van der Waals surface area (Å²) in [5.74, 6) is 0.776. The van der Waals surface area contributed by atoms with Crippen LogP contribution in [0.4, 0.5) is 0 Å². The molecule has 20 heavy (non-hydrogen) atoms. The molecule has 2 atom stereocenters. The third-order valence-corrected chi connectivity index (χ3v) is 3.52. The molecule has 2 unspecified atom stereocenters. The summed E-state index contributed by atoms with van der Waals surface area (Å²) in [5, 5.41) is 0.144. The lowest BCUT2D eigenvalue weighted by atomic mass is 10.1. The molecule has 0 bridgehead atoms. The van der Waals surface area contributed by atoms with E-state index in [0.29, 0.717) is 26.4 Å². The van der Waals surface area contributed by atoms with Crippen LogP contribution in [0.5, 0.6) is 0 Å². The Kier molecular flexibility index (Phi) is 13.7. The van der Waals surface area contributed by atoms with Gasteiger partial charge in [-0.2, -0.15) is 0 Å². The summed E-state index contributed by atoms with van der Waals surface area (Å²) in [6.07, 6.45) is 1.85. The number of carbonyl (C=O) groups is 1. The van der Waals surface area contributed by atoms with Crippen LogP contribution in [-0.2, 0) is 23.7 Å². The van der Waals surface area contributed by atoms with Gasteiger partial charge < -0.3 is 18.9 Å². The maximum absolute atomic E-state index is 10.9. The fraction of sp³-hybridized carbons (Fsp3) is 0.929. The van der Waals surface area contributed by atoms with Crippen LogP contribution in [0, 0.1) is 0 Å². The molecule has 0 radical (unpaired) electrons. The molecule has 0 saturated carbocycles. The van der Waals surface area contributed by atoms with Gasteiger partial charge in [-0.15, -0.1) is 0 Å². The van der Waals surface area contributed by atoms with Gasteiger partial charge in [-0.05, 0) is 19.8 Å². The predicted octanol–water partition coefficient (Wildman–Crippen LogP) is 2.13. The zero-order chi connectivity index (χ0) is 15.2. The molecule has 0 aromatic carbocycles. The van der Waals surface area contributed by atoms with Crippen LogP contribution in [0.15, 0.2) is 0 Å². The molecule has 0 amide bonds. The number of thioether (sulfide) groups is 1. The third kappa shape index (κ3) is 12.9. The van der Waals surface area contributed by atoms with Crippen molar-refractivity contribution in [2.24, 2.45) is 0 Å². The summed E-state index contributed by atoms with van der Waals surface area (Å²) < 4.78 is 21.4. The lowest BCUT2D eigenvalue weighted by Gasteiger charge is -2.21. The van der Waals surface area contributed by atoms with E-state index in [1.165, 1.54) is 11.8 Å². The second kappa shape index (κ2) is 13.8. The number of hydrogen-bond donors (Lipinski definition) is 0. The molecule has 120 valence electrons. The summed E-state index contributed by atoms with van der Waals surface area (Å²) in [5.41, 5.74) is 0. The minimum absolute atomic E-state index is 0.0922. The molecular weight excluding hydrogens is 280 g/mol. The number of rotatable bonds is 13. The number of carbonyl (C=O) groups excluding carboxylic acids is 1. The molecule has 0 saturated heterocycles. The topological polar surface area (TPSA) is 54.0 Å². The van der Waals surface area contributed by atoms with Crippen molar-refractivity contribution in [1.29, 1.82) is 0 Å². The van der Waals surface area contributed by atoms with Crippen molar-refractivity contribution in [2.75, 3.05) is 46.4 Å². The van der Waals surface area contributed by atoms with E-state index in [4.69, 9.17) is 18.9 Å². The van der Waals surface area contributed by atoms with Crippen molar-refractivity contribution >= 4 is 16.9 Å². The second-order valence-corrected chi connectivity index (χ2v) is 5.80. The number of hydrogen-bond acceptors (Lipinski definition) is 6. The van der Waals surface area contributed by atoms with Crippen molar-refractivity contribution in [3.63, 3.8) is 0 Å². The van der Waals surface area contributed by atoms with E-state index < -0.39 is 0 Å². The Bertz CT molecular complexity index is 238. The molecule has 0 aliphatic heterocycles. The summed E-state index contributed by atoms with van der Waals surface area (Å²) >= 11 is 1.34. The van der Waals surface area contributed by atoms with Gasteiger partial charge in [0.25, 0.3) is 0 Å². The first-order chi connectivity index (χ1) is 9.60. The number of methoxy groups -OCH3 is 2. The lowest BCUT2D eigenvalue weighted by molar-refractivity contribution is -0.109. The first-order valence-electron chi connectivity index (χ1n) is 6.94. The van der Waals surface area contributed by atoms with E-state index in [2.05, 4.69) is 0 Å². The van der Waals surface area contributed by atoms with Gasteiger partial charge >= 0.3 is 0 Å². The molecule has 0 aromatic rings. The van der Waals surface area contributed by atoms with E-state index in [0.717, 1.165) is 18.6 Å². The fourth-order valence-corrected chi connectivity index (χ4v) is 2.34. The highest BCUT2D eigenvalue weighted by Gasteiger charge is 2.14. The van der Waals surface area contributed by atoms with Crippen LogP contribution in [-0.4, -0.2) is 63.7 Å². The summed E-state index contributed by atoms with van der Waals surface area (Å²) in [6.45, 7) is 5.94. The van der Waals surface area contributed by atoms with Crippen LogP contribution in [0.1, 0.15) is 26.7 Å². The largest absolute Gasteiger partial charge is 0.382 e. The highest BCUT2D eigenvalue weighted by molar-refractivity contribution is 8.13. The highest BCUT2D eigenvalue weighted by atomic mass is 32.2. The minimum Gasteiger partial charge on any atom is -0.382 e. The first-order valence-corrected chi connectivity index (χ1v) is 7.93.